The van der Waals surface area contributed by atoms with Gasteiger partial charge < -0.3 is 14.8 Å². The smallest absolute Gasteiger partial charge is 0.239 e. The van der Waals surface area contributed by atoms with E-state index in [0.29, 0.717) is 6.42 Å². The fourth-order valence-electron chi connectivity index (χ4n) is 3.99. The molecule has 1 saturated heterocycles. The molecule has 1 aromatic rings. The molecule has 2 aliphatic rings. The Morgan fingerprint density at radius 1 is 1.42 bits per heavy atom. The van der Waals surface area contributed by atoms with Crippen molar-refractivity contribution in [3.63, 3.8) is 0 Å². The average molecular weight is 333 g/mol. The lowest BCUT2D eigenvalue weighted by Gasteiger charge is -2.46. The van der Waals surface area contributed by atoms with Crippen LogP contribution in [0.5, 0.6) is 0 Å². The summed E-state index contributed by atoms with van der Waals surface area (Å²) in [6.45, 7) is 7.86. The molecule has 0 unspecified atom stereocenters. The lowest BCUT2D eigenvalue weighted by atomic mass is 9.78. The zero-order valence-electron chi connectivity index (χ0n) is 15.4. The highest BCUT2D eigenvalue weighted by atomic mass is 16.2. The summed E-state index contributed by atoms with van der Waals surface area (Å²) in [7, 11) is 3.65. The van der Waals surface area contributed by atoms with Crippen LogP contribution < -0.4 is 5.32 Å². The molecular formula is C18H31N5O. The van der Waals surface area contributed by atoms with Gasteiger partial charge in [0.15, 0.2) is 0 Å². The highest BCUT2D eigenvalue weighted by Crippen LogP contribution is 2.37. The van der Waals surface area contributed by atoms with Crippen molar-refractivity contribution < 1.29 is 4.79 Å². The molecule has 0 saturated carbocycles. The van der Waals surface area contributed by atoms with Crippen molar-refractivity contribution in [2.75, 3.05) is 33.7 Å². The maximum Gasteiger partial charge on any atom is 0.239 e. The number of hydrogen-bond acceptors (Lipinski definition) is 4. The van der Waals surface area contributed by atoms with Crippen molar-refractivity contribution in [3.8, 4) is 0 Å². The van der Waals surface area contributed by atoms with Crippen LogP contribution in [0.15, 0.2) is 6.33 Å². The first-order chi connectivity index (χ1) is 11.4. The van der Waals surface area contributed by atoms with Crippen LogP contribution in [0.3, 0.4) is 0 Å². The van der Waals surface area contributed by atoms with Crippen molar-refractivity contribution in [3.05, 3.63) is 17.7 Å². The number of aromatic amines is 1. The van der Waals surface area contributed by atoms with E-state index in [2.05, 4.69) is 34.0 Å². The van der Waals surface area contributed by atoms with E-state index >= 15 is 0 Å². The van der Waals surface area contributed by atoms with Gasteiger partial charge in [0.05, 0.1) is 23.6 Å². The number of nitrogens with zero attached hydrogens (tertiary/aromatic N) is 3. The quantitative estimate of drug-likeness (QED) is 0.873. The second-order valence-corrected chi connectivity index (χ2v) is 7.97. The topological polar surface area (TPSA) is 64.3 Å². The Kier molecular flexibility index (Phi) is 4.97. The average Bonchev–Trinajstić information content (AvgIpc) is 3.03. The van der Waals surface area contributed by atoms with E-state index in [-0.39, 0.29) is 17.5 Å². The summed E-state index contributed by atoms with van der Waals surface area (Å²) < 4.78 is 0. The molecule has 1 spiro atoms. The first kappa shape index (κ1) is 17.4. The van der Waals surface area contributed by atoms with Crippen molar-refractivity contribution >= 4 is 5.91 Å². The fraction of sp³-hybridized carbons (Fsp3) is 0.778. The normalized spacial score (nSPS) is 23.5. The second-order valence-electron chi connectivity index (χ2n) is 7.97. The third-order valence-corrected chi connectivity index (χ3v) is 5.50. The summed E-state index contributed by atoms with van der Waals surface area (Å²) in [4.78, 5) is 24.6. The molecule has 24 heavy (non-hydrogen) atoms. The molecule has 1 aromatic heterocycles. The van der Waals surface area contributed by atoms with Gasteiger partial charge in [0.25, 0.3) is 0 Å². The molecule has 6 heteroatoms. The number of aromatic nitrogens is 2. The Bertz CT molecular complexity index is 572. The van der Waals surface area contributed by atoms with Crippen molar-refractivity contribution in [2.24, 2.45) is 5.92 Å². The number of likely N-dealkylation sites (N-methyl/N-ethyl adjacent to an activating group) is 1. The van der Waals surface area contributed by atoms with Crippen LogP contribution in [0.4, 0.5) is 0 Å². The number of carbonyl (C=O) groups excluding carboxylic acids is 1. The van der Waals surface area contributed by atoms with Gasteiger partial charge in [-0.2, -0.15) is 0 Å². The number of likely N-dealkylation sites (tertiary alicyclic amines) is 1. The third-order valence-electron chi connectivity index (χ3n) is 5.50. The van der Waals surface area contributed by atoms with E-state index in [4.69, 9.17) is 0 Å². The van der Waals surface area contributed by atoms with Crippen LogP contribution in [0.1, 0.15) is 44.5 Å². The summed E-state index contributed by atoms with van der Waals surface area (Å²) in [6.07, 6.45) is 5.75. The molecule has 1 atom stereocenters. The van der Waals surface area contributed by atoms with Gasteiger partial charge in [-0.3, -0.25) is 10.1 Å². The fourth-order valence-corrected chi connectivity index (χ4v) is 3.99. The minimum Gasteiger partial charge on any atom is -0.348 e. The largest absolute Gasteiger partial charge is 0.348 e. The molecule has 0 aliphatic carbocycles. The van der Waals surface area contributed by atoms with E-state index in [9.17, 15) is 4.79 Å². The van der Waals surface area contributed by atoms with Gasteiger partial charge >= 0.3 is 0 Å². The molecule has 3 heterocycles. The summed E-state index contributed by atoms with van der Waals surface area (Å²) in [5.41, 5.74) is 2.11. The number of H-pyrrole nitrogens is 1. The van der Waals surface area contributed by atoms with Gasteiger partial charge in [-0.05, 0) is 31.7 Å². The van der Waals surface area contributed by atoms with E-state index in [1.54, 1.807) is 11.2 Å². The SMILES string of the molecule is CC(C)CCN1CCC2(CC1)N[C@H](C(=O)N(C)C)Cc1[nH]cnc12. The van der Waals surface area contributed by atoms with Crippen LogP contribution in [0.2, 0.25) is 0 Å². The monoisotopic (exact) mass is 333 g/mol. The molecule has 1 fully saturated rings. The van der Waals surface area contributed by atoms with Gasteiger partial charge in [0.1, 0.15) is 0 Å². The maximum absolute atomic E-state index is 12.5. The van der Waals surface area contributed by atoms with Gasteiger partial charge in [0.2, 0.25) is 5.91 Å². The first-order valence-electron chi connectivity index (χ1n) is 9.15. The second kappa shape index (κ2) is 6.84. The number of amides is 1. The number of nitrogens with one attached hydrogen (secondary N) is 2. The van der Waals surface area contributed by atoms with Crippen molar-refractivity contribution in [1.82, 2.24) is 25.1 Å². The Labute approximate surface area is 145 Å². The van der Waals surface area contributed by atoms with E-state index in [1.807, 2.05) is 14.1 Å². The van der Waals surface area contributed by atoms with E-state index in [0.717, 1.165) is 43.2 Å². The summed E-state index contributed by atoms with van der Waals surface area (Å²) in [5.74, 6) is 0.894. The highest BCUT2D eigenvalue weighted by Gasteiger charge is 2.45. The van der Waals surface area contributed by atoms with Crippen LogP contribution in [0.25, 0.3) is 0 Å². The number of fused-ring (bicyclic) bond motifs is 2. The van der Waals surface area contributed by atoms with Crippen LogP contribution in [-0.4, -0.2) is 65.4 Å². The third kappa shape index (κ3) is 3.35. The van der Waals surface area contributed by atoms with Gasteiger partial charge in [-0.15, -0.1) is 0 Å². The molecule has 2 aliphatic heterocycles. The number of piperidine rings is 1. The first-order valence-corrected chi connectivity index (χ1v) is 9.15. The molecule has 3 rings (SSSR count). The highest BCUT2D eigenvalue weighted by molar-refractivity contribution is 5.82. The Hall–Kier alpha value is -1.40. The molecule has 0 bridgehead atoms. The standard InChI is InChI=1S/C18H31N5O/c1-13(2)5-8-23-9-6-18(7-10-23)16-14(19-12-20-16)11-15(21-18)17(24)22(3)4/h12-13,15,21H,5-11H2,1-4H3,(H,19,20)/t15-/m0/s1. The molecular weight excluding hydrogens is 302 g/mol. The lowest BCUT2D eigenvalue weighted by Crippen LogP contribution is -2.61. The summed E-state index contributed by atoms with van der Waals surface area (Å²) in [5, 5.41) is 3.68. The Morgan fingerprint density at radius 2 is 2.12 bits per heavy atom. The Balaban J connectivity index is 1.74. The van der Waals surface area contributed by atoms with E-state index < -0.39 is 0 Å². The lowest BCUT2D eigenvalue weighted by molar-refractivity contribution is -0.132. The molecule has 0 aromatic carbocycles. The predicted octanol–water partition coefficient (Wildman–Crippen LogP) is 1.35. The van der Waals surface area contributed by atoms with Crippen molar-refractivity contribution in [1.29, 1.82) is 0 Å². The van der Waals surface area contributed by atoms with Crippen LogP contribution in [-0.2, 0) is 16.8 Å². The van der Waals surface area contributed by atoms with Crippen LogP contribution in [0, 0.1) is 5.92 Å². The molecule has 6 nitrogen and oxygen atoms in total. The van der Waals surface area contributed by atoms with Gasteiger partial charge in [0, 0.05) is 39.3 Å². The summed E-state index contributed by atoms with van der Waals surface area (Å²) in [6, 6.07) is -0.157. The minimum atomic E-state index is -0.157. The van der Waals surface area contributed by atoms with E-state index in [1.165, 1.54) is 13.0 Å². The number of imidazole rings is 1. The maximum atomic E-state index is 12.5. The number of carbonyl (C=O) groups is 1. The molecule has 2 N–H and O–H groups in total. The minimum absolute atomic E-state index is 0.150. The molecule has 1 amide bonds. The van der Waals surface area contributed by atoms with Crippen LogP contribution >= 0.6 is 0 Å². The van der Waals surface area contributed by atoms with Crippen molar-refractivity contribution in [2.45, 2.75) is 51.1 Å². The molecule has 0 radical (unpaired) electrons. The zero-order valence-corrected chi connectivity index (χ0v) is 15.4. The number of hydrogen-bond donors (Lipinski definition) is 2. The zero-order chi connectivity index (χ0) is 17.3. The Morgan fingerprint density at radius 3 is 2.75 bits per heavy atom. The predicted molar refractivity (Wildman–Crippen MR) is 94.7 cm³/mol. The number of rotatable bonds is 4. The summed E-state index contributed by atoms with van der Waals surface area (Å²) >= 11 is 0. The molecule has 134 valence electrons. The van der Waals surface area contributed by atoms with Gasteiger partial charge in [-0.1, -0.05) is 13.8 Å². The van der Waals surface area contributed by atoms with Gasteiger partial charge in [-0.25, -0.2) is 4.98 Å².